The first kappa shape index (κ1) is 39.3. The third-order valence-electron chi connectivity index (χ3n) is 10.5. The lowest BCUT2D eigenvalue weighted by Crippen LogP contribution is -2.35. The molecule has 2 aliphatic carbocycles. The quantitative estimate of drug-likeness (QED) is 0.0940. The van der Waals surface area contributed by atoms with Gasteiger partial charge in [-0.15, -0.1) is 0 Å². The van der Waals surface area contributed by atoms with Gasteiger partial charge in [-0.2, -0.15) is 24.1 Å². The minimum absolute atomic E-state index is 0.0544. The van der Waals surface area contributed by atoms with Crippen LogP contribution in [0.5, 0.6) is 0 Å². The van der Waals surface area contributed by atoms with Gasteiger partial charge < -0.3 is 10.3 Å². The van der Waals surface area contributed by atoms with Gasteiger partial charge in [0.15, 0.2) is 11.5 Å². The van der Waals surface area contributed by atoms with Crippen molar-refractivity contribution >= 4 is 55.4 Å². The van der Waals surface area contributed by atoms with Gasteiger partial charge in [0.05, 0.1) is 57.1 Å². The average Bonchev–Trinajstić information content (AvgIpc) is 3.92. The summed E-state index contributed by atoms with van der Waals surface area (Å²) in [6.07, 6.45) is 3.28. The van der Waals surface area contributed by atoms with E-state index in [1.807, 2.05) is 0 Å². The Labute approximate surface area is 340 Å². The fourth-order valence-electron chi connectivity index (χ4n) is 8.08. The number of alkyl halides is 4. The number of H-pyrrole nitrogens is 1. The minimum atomic E-state index is -3.84. The largest absolute Gasteiger partial charge is 0.346 e. The van der Waals surface area contributed by atoms with Gasteiger partial charge in [-0.1, -0.05) is 29.8 Å². The number of benzene rings is 2. The second kappa shape index (κ2) is 13.9. The molecule has 0 aliphatic heterocycles. The van der Waals surface area contributed by atoms with Crippen molar-refractivity contribution in [3.63, 3.8) is 0 Å². The predicted octanol–water partition coefficient (Wildman–Crippen LogP) is 6.82. The second-order valence-electron chi connectivity index (χ2n) is 14.7. The molecule has 0 unspecified atom stereocenters. The van der Waals surface area contributed by atoms with Crippen LogP contribution in [0, 0.1) is 17.6 Å². The number of aromatic nitrogens is 9. The van der Waals surface area contributed by atoms with E-state index in [4.69, 9.17) is 16.6 Å². The number of halogens is 7. The van der Waals surface area contributed by atoms with Crippen molar-refractivity contribution in [2.45, 2.75) is 37.3 Å². The first-order valence-electron chi connectivity index (χ1n) is 18.1. The van der Waals surface area contributed by atoms with E-state index in [1.165, 1.54) is 22.9 Å². The summed E-state index contributed by atoms with van der Waals surface area (Å²) in [6, 6.07) is 6.16. The number of amides is 1. The summed E-state index contributed by atoms with van der Waals surface area (Å²) in [5.41, 5.74) is 0.161. The van der Waals surface area contributed by atoms with E-state index < -0.39 is 75.7 Å². The smallest absolute Gasteiger partial charge is 0.296 e. The Morgan fingerprint density at radius 2 is 1.77 bits per heavy atom. The number of hydrogen-bond acceptors (Lipinski definition) is 8. The van der Waals surface area contributed by atoms with Gasteiger partial charge in [0.25, 0.3) is 12.3 Å². The number of sulfonamides is 1. The lowest BCUT2D eigenvalue weighted by atomic mass is 9.81. The third-order valence-corrected chi connectivity index (χ3v) is 11.4. The fourth-order valence-corrected chi connectivity index (χ4v) is 8.82. The van der Waals surface area contributed by atoms with Crippen LogP contribution in [0.1, 0.15) is 46.6 Å². The maximum absolute atomic E-state index is 15.7. The van der Waals surface area contributed by atoms with Gasteiger partial charge in [0, 0.05) is 49.0 Å². The molecule has 22 heteroatoms. The number of anilines is 1. The number of aromatic amines is 1. The molecule has 1 amide bonds. The maximum atomic E-state index is 15.7. The van der Waals surface area contributed by atoms with Crippen LogP contribution in [0.4, 0.5) is 32.2 Å². The molecule has 2 aromatic carbocycles. The molecule has 14 nitrogen and oxygen atoms in total. The van der Waals surface area contributed by atoms with Crippen molar-refractivity contribution < 1.29 is 39.6 Å². The summed E-state index contributed by atoms with van der Waals surface area (Å²) in [7, 11) is -0.591. The number of imidazole rings is 1. The van der Waals surface area contributed by atoms with E-state index in [2.05, 4.69) is 35.3 Å². The minimum Gasteiger partial charge on any atom is -0.346 e. The Morgan fingerprint density at radius 3 is 2.42 bits per heavy atom. The van der Waals surface area contributed by atoms with Crippen molar-refractivity contribution in [2.75, 3.05) is 11.0 Å². The normalized spacial score (nSPS) is 17.3. The summed E-state index contributed by atoms with van der Waals surface area (Å²) >= 11 is 6.65. The van der Waals surface area contributed by atoms with Crippen LogP contribution in [-0.2, 0) is 47.8 Å². The highest BCUT2D eigenvalue weighted by atomic mass is 35.5. The van der Waals surface area contributed by atoms with Crippen molar-refractivity contribution in [1.82, 2.24) is 49.6 Å². The summed E-state index contributed by atoms with van der Waals surface area (Å²) in [5, 5.41) is 15.4. The molecule has 0 saturated carbocycles. The average molecular weight is 870 g/mol. The third kappa shape index (κ3) is 6.64. The van der Waals surface area contributed by atoms with Gasteiger partial charge in [-0.3, -0.25) is 23.6 Å². The number of allylic oxidation sites excluding steroid dienone is 2. The van der Waals surface area contributed by atoms with E-state index >= 15 is 8.78 Å². The Balaban J connectivity index is 1.22. The van der Waals surface area contributed by atoms with E-state index in [-0.39, 0.29) is 50.7 Å². The van der Waals surface area contributed by atoms with Crippen molar-refractivity contribution in [2.24, 2.45) is 20.0 Å². The van der Waals surface area contributed by atoms with Crippen LogP contribution in [0.3, 0.4) is 0 Å². The molecule has 0 fully saturated rings. The molecule has 7 aromatic rings. The van der Waals surface area contributed by atoms with E-state index in [9.17, 15) is 30.8 Å². The lowest BCUT2D eigenvalue weighted by Gasteiger charge is -2.27. The summed E-state index contributed by atoms with van der Waals surface area (Å²) in [5.74, 6) is -8.53. The number of carbonyl (C=O) groups excluding carboxylic acids is 1. The molecule has 5 aromatic heterocycles. The molecule has 9 rings (SSSR count). The summed E-state index contributed by atoms with van der Waals surface area (Å²) in [6.45, 7) is -0.934. The maximum Gasteiger partial charge on any atom is 0.296 e. The molecule has 310 valence electrons. The van der Waals surface area contributed by atoms with Crippen LogP contribution in [0.2, 0.25) is 5.02 Å². The van der Waals surface area contributed by atoms with Crippen molar-refractivity contribution in [1.29, 1.82) is 0 Å². The number of carbonyl (C=O) groups is 1. The Morgan fingerprint density at radius 1 is 1.02 bits per heavy atom. The summed E-state index contributed by atoms with van der Waals surface area (Å²) in [4.78, 5) is 26.8. The molecule has 3 atom stereocenters. The highest BCUT2D eigenvalue weighted by Crippen LogP contribution is 2.60. The van der Waals surface area contributed by atoms with Gasteiger partial charge in [-0.25, -0.2) is 35.9 Å². The van der Waals surface area contributed by atoms with Gasteiger partial charge in [0.1, 0.15) is 35.4 Å². The number of rotatable bonds is 11. The Hall–Kier alpha value is -6.22. The Kier molecular flexibility index (Phi) is 9.12. The molecule has 0 spiro atoms. The van der Waals surface area contributed by atoms with Crippen LogP contribution >= 0.6 is 11.6 Å². The number of nitrogens with one attached hydrogen (secondary N) is 3. The van der Waals surface area contributed by atoms with Gasteiger partial charge in [-0.05, 0) is 36.2 Å². The number of hydrogen-bond donors (Lipinski definition) is 3. The first-order valence-corrected chi connectivity index (χ1v) is 20.4. The predicted molar refractivity (Wildman–Crippen MR) is 207 cm³/mol. The van der Waals surface area contributed by atoms with Crippen LogP contribution in [-0.4, -0.2) is 64.9 Å². The van der Waals surface area contributed by atoms with E-state index in [0.29, 0.717) is 38.7 Å². The topological polar surface area (TPSA) is 170 Å². The number of nitrogens with zero attached hydrogens (tertiary/aromatic N) is 8. The summed E-state index contributed by atoms with van der Waals surface area (Å²) < 4.78 is 120. The fraction of sp³-hybridized carbons (Fsp3) is 0.263. The molecule has 0 bridgehead atoms. The van der Waals surface area contributed by atoms with E-state index in [1.54, 1.807) is 43.3 Å². The second-order valence-corrected chi connectivity index (χ2v) is 16.9. The zero-order valence-corrected chi connectivity index (χ0v) is 32.9. The van der Waals surface area contributed by atoms with Crippen LogP contribution in [0.25, 0.3) is 44.6 Å². The first-order chi connectivity index (χ1) is 28.4. The zero-order valence-electron chi connectivity index (χ0n) is 31.4. The van der Waals surface area contributed by atoms with Crippen LogP contribution < -0.4 is 10.0 Å². The number of aryl methyl sites for hydroxylation is 2. The van der Waals surface area contributed by atoms with E-state index in [0.717, 1.165) is 18.4 Å². The SMILES string of the molecule is Cn1cc(-c2nc3nc([C@H](Cc4cc(F)cc(F)c4)NC(=O)Cn4nc(C(F)F)c5c4C(F)(F)[C@@H]4C=C[C@H]54)c(-c4ccc(Cl)c5c(NS(C)(=O)=O)nn(C)c45)cc3[nH]2)cn1. The standard InChI is InChI=1S/C38H30ClF6N11O3S/c1-54-14-17(13-46-54)35-48-26-12-22(20-5-7-24(39)29-32(20)55(2)52-37(29)53-60(3,58)59)30(49-36(26)50-35)25(10-16-8-18(40)11-19(41)9-16)47-27(57)15-56-33-28(31(51-56)34(42)43)21-4-6-23(21)38(33,44)45/h4-9,11-14,21,23,25,34H,10,15H2,1-3H3,(H,47,57)(H,52,53)(H,48,49,50)/t21-,23+,25-/m0/s1. The molecule has 60 heavy (non-hydrogen) atoms. The molecule has 2 aliphatic rings. The molecule has 3 N–H and O–H groups in total. The molecular formula is C38H30ClF6N11O3S. The molecule has 5 heterocycles. The highest BCUT2D eigenvalue weighted by Gasteiger charge is 2.60. The number of pyridine rings is 1. The molecule has 0 radical (unpaired) electrons. The monoisotopic (exact) mass is 869 g/mol. The van der Waals surface area contributed by atoms with Crippen molar-refractivity contribution in [3.05, 3.63) is 106 Å². The Bertz CT molecular complexity index is 3050. The zero-order chi connectivity index (χ0) is 42.6. The van der Waals surface area contributed by atoms with Crippen molar-refractivity contribution in [3.8, 4) is 22.5 Å². The number of fused-ring (bicyclic) bond motifs is 5. The molecular weight excluding hydrogens is 840 g/mol. The molecule has 0 saturated heterocycles. The highest BCUT2D eigenvalue weighted by molar-refractivity contribution is 7.92. The lowest BCUT2D eigenvalue weighted by molar-refractivity contribution is -0.123. The van der Waals surface area contributed by atoms with Crippen LogP contribution in [0.15, 0.2) is 60.9 Å². The van der Waals surface area contributed by atoms with Gasteiger partial charge in [0.2, 0.25) is 15.9 Å². The van der Waals surface area contributed by atoms with Gasteiger partial charge >= 0.3 is 0 Å².